The van der Waals surface area contributed by atoms with Crippen LogP contribution >= 0.6 is 0 Å². The van der Waals surface area contributed by atoms with Crippen molar-refractivity contribution in [2.45, 2.75) is 76.5 Å². The summed E-state index contributed by atoms with van der Waals surface area (Å²) >= 11 is 0. The van der Waals surface area contributed by atoms with E-state index in [9.17, 15) is 19.1 Å². The Bertz CT molecular complexity index is 760. The minimum atomic E-state index is -1.25. The van der Waals surface area contributed by atoms with E-state index in [0.29, 0.717) is 11.6 Å². The molecule has 3 aliphatic rings. The molecular weight excluding hydrogens is 347 g/mol. The molecule has 0 bridgehead atoms. The lowest BCUT2D eigenvalue weighted by Gasteiger charge is -2.47. The number of hydrogen-bond donors (Lipinski definition) is 1. The molecule has 2 heterocycles. The summed E-state index contributed by atoms with van der Waals surface area (Å²) in [5.74, 6) is -2.11. The number of aromatic carboxylic acids is 1. The van der Waals surface area contributed by atoms with Gasteiger partial charge in [-0.15, -0.1) is 0 Å². The molecular formula is C21H27FN2O3. The van der Waals surface area contributed by atoms with E-state index in [0.717, 1.165) is 44.7 Å². The highest BCUT2D eigenvalue weighted by molar-refractivity contribution is 6.08. The van der Waals surface area contributed by atoms with Gasteiger partial charge in [-0.1, -0.05) is 19.3 Å². The fourth-order valence-corrected chi connectivity index (χ4v) is 5.29. The second-order valence-corrected chi connectivity index (χ2v) is 8.12. The Hall–Kier alpha value is -1.95. The molecule has 1 N–H and O–H groups in total. The second-order valence-electron chi connectivity index (χ2n) is 8.12. The van der Waals surface area contributed by atoms with Gasteiger partial charge in [-0.2, -0.15) is 0 Å². The normalized spacial score (nSPS) is 27.0. The summed E-state index contributed by atoms with van der Waals surface area (Å²) in [7, 11) is 0. The molecule has 2 unspecified atom stereocenters. The molecule has 0 spiro atoms. The molecule has 1 aromatic carbocycles. The monoisotopic (exact) mass is 374 g/mol. The minimum absolute atomic E-state index is 0.0264. The molecule has 2 fully saturated rings. The van der Waals surface area contributed by atoms with Crippen LogP contribution in [0.1, 0.15) is 90.6 Å². The van der Waals surface area contributed by atoms with E-state index < -0.39 is 11.8 Å². The highest BCUT2D eigenvalue weighted by Crippen LogP contribution is 2.41. The summed E-state index contributed by atoms with van der Waals surface area (Å²) in [6, 6.07) is 2.48. The van der Waals surface area contributed by atoms with Crippen LogP contribution in [0.3, 0.4) is 0 Å². The first kappa shape index (κ1) is 18.4. The van der Waals surface area contributed by atoms with Crippen LogP contribution in [0.5, 0.6) is 0 Å². The van der Waals surface area contributed by atoms with Crippen LogP contribution in [-0.2, 0) is 0 Å². The largest absolute Gasteiger partial charge is 0.478 e. The third-order valence-corrected chi connectivity index (χ3v) is 6.56. The summed E-state index contributed by atoms with van der Waals surface area (Å²) in [6.07, 6.45) is 9.11. The highest BCUT2D eigenvalue weighted by Gasteiger charge is 2.45. The van der Waals surface area contributed by atoms with Crippen LogP contribution in [0.2, 0.25) is 0 Å². The van der Waals surface area contributed by atoms with Crippen molar-refractivity contribution in [3.63, 3.8) is 0 Å². The van der Waals surface area contributed by atoms with Crippen molar-refractivity contribution in [2.24, 2.45) is 0 Å². The molecule has 1 aliphatic carbocycles. The van der Waals surface area contributed by atoms with E-state index in [2.05, 4.69) is 4.90 Å². The van der Waals surface area contributed by atoms with Gasteiger partial charge in [-0.05, 0) is 56.7 Å². The molecule has 6 heteroatoms. The van der Waals surface area contributed by atoms with E-state index in [4.69, 9.17) is 0 Å². The Balaban J connectivity index is 1.69. The predicted octanol–water partition coefficient (Wildman–Crippen LogP) is 4.19. The predicted molar refractivity (Wildman–Crippen MR) is 99.2 cm³/mol. The van der Waals surface area contributed by atoms with Crippen LogP contribution in [0.25, 0.3) is 0 Å². The zero-order valence-corrected chi connectivity index (χ0v) is 15.8. The average Bonchev–Trinajstić information content (AvgIpc) is 2.92. The fraction of sp³-hybridized carbons (Fsp3) is 0.619. The van der Waals surface area contributed by atoms with Crippen LogP contribution in [0.4, 0.5) is 4.39 Å². The van der Waals surface area contributed by atoms with Gasteiger partial charge in [0, 0.05) is 12.6 Å². The molecule has 0 aromatic heterocycles. The van der Waals surface area contributed by atoms with Gasteiger partial charge in [-0.25, -0.2) is 9.18 Å². The molecule has 1 saturated carbocycles. The SMILES string of the molecule is CC1c2cc(F)cc(C(=O)O)c2C(=O)N1C1CCCCN1C1CCCCC1. The Labute approximate surface area is 159 Å². The molecule has 1 aromatic rings. The third kappa shape index (κ3) is 3.14. The van der Waals surface area contributed by atoms with Crippen molar-refractivity contribution in [2.75, 3.05) is 6.54 Å². The molecule has 27 heavy (non-hydrogen) atoms. The van der Waals surface area contributed by atoms with Crippen molar-refractivity contribution >= 4 is 11.9 Å². The number of carboxylic acids is 1. The minimum Gasteiger partial charge on any atom is -0.478 e. The molecule has 2 atom stereocenters. The Kier molecular flexibility index (Phi) is 4.93. The number of benzene rings is 1. The molecule has 4 rings (SSSR count). The van der Waals surface area contributed by atoms with Crippen molar-refractivity contribution < 1.29 is 19.1 Å². The number of hydrogen-bond acceptors (Lipinski definition) is 3. The standard InChI is InChI=1S/C21H27FN2O3/c1-13-16-11-14(22)12-17(21(26)27)19(16)20(25)24(13)18-9-5-6-10-23(18)15-7-3-2-4-8-15/h11-13,15,18H,2-10H2,1H3,(H,26,27). The van der Waals surface area contributed by atoms with Crippen molar-refractivity contribution in [1.29, 1.82) is 0 Å². The van der Waals surface area contributed by atoms with Crippen LogP contribution < -0.4 is 0 Å². The smallest absolute Gasteiger partial charge is 0.336 e. The van der Waals surface area contributed by atoms with Gasteiger partial charge in [0.15, 0.2) is 0 Å². The number of halogens is 1. The average molecular weight is 374 g/mol. The van der Waals surface area contributed by atoms with E-state index >= 15 is 0 Å². The van der Waals surface area contributed by atoms with Gasteiger partial charge >= 0.3 is 5.97 Å². The number of carbonyl (C=O) groups excluding carboxylic acids is 1. The third-order valence-electron chi connectivity index (χ3n) is 6.56. The fourth-order valence-electron chi connectivity index (χ4n) is 5.29. The Morgan fingerprint density at radius 1 is 1.11 bits per heavy atom. The maximum Gasteiger partial charge on any atom is 0.336 e. The van der Waals surface area contributed by atoms with Crippen LogP contribution in [0, 0.1) is 5.82 Å². The summed E-state index contributed by atoms with van der Waals surface area (Å²) in [5.41, 5.74) is 0.460. The van der Waals surface area contributed by atoms with E-state index in [1.165, 1.54) is 25.3 Å². The van der Waals surface area contributed by atoms with Crippen molar-refractivity contribution in [1.82, 2.24) is 9.80 Å². The number of fused-ring (bicyclic) bond motifs is 1. The van der Waals surface area contributed by atoms with E-state index in [1.807, 2.05) is 11.8 Å². The molecule has 1 amide bonds. The lowest BCUT2D eigenvalue weighted by Crippen LogP contribution is -2.55. The number of carboxylic acid groups (broad SMARTS) is 1. The molecule has 1 saturated heterocycles. The molecule has 2 aliphatic heterocycles. The maximum atomic E-state index is 14.0. The van der Waals surface area contributed by atoms with Crippen LogP contribution in [-0.4, -0.2) is 45.5 Å². The summed E-state index contributed by atoms with van der Waals surface area (Å²) in [5, 5.41) is 9.48. The van der Waals surface area contributed by atoms with Crippen LogP contribution in [0.15, 0.2) is 12.1 Å². The first-order valence-electron chi connectivity index (χ1n) is 10.1. The zero-order valence-electron chi connectivity index (χ0n) is 15.8. The summed E-state index contributed by atoms with van der Waals surface area (Å²) in [6.45, 7) is 2.87. The summed E-state index contributed by atoms with van der Waals surface area (Å²) in [4.78, 5) is 29.2. The topological polar surface area (TPSA) is 60.9 Å². The van der Waals surface area contributed by atoms with Crippen molar-refractivity contribution in [3.05, 3.63) is 34.6 Å². The molecule has 5 nitrogen and oxygen atoms in total. The maximum absolute atomic E-state index is 14.0. The van der Waals surface area contributed by atoms with Crippen molar-refractivity contribution in [3.8, 4) is 0 Å². The number of piperidine rings is 1. The van der Waals surface area contributed by atoms with E-state index in [-0.39, 0.29) is 29.2 Å². The van der Waals surface area contributed by atoms with Gasteiger partial charge in [0.2, 0.25) is 0 Å². The molecule has 146 valence electrons. The lowest BCUT2D eigenvalue weighted by molar-refractivity contribution is -0.0253. The lowest BCUT2D eigenvalue weighted by atomic mass is 9.91. The quantitative estimate of drug-likeness (QED) is 0.862. The summed E-state index contributed by atoms with van der Waals surface area (Å²) < 4.78 is 14.0. The Morgan fingerprint density at radius 3 is 2.52 bits per heavy atom. The number of carbonyl (C=O) groups is 2. The second kappa shape index (κ2) is 7.23. The first-order valence-corrected chi connectivity index (χ1v) is 10.1. The number of nitrogens with zero attached hydrogens (tertiary/aromatic N) is 2. The number of likely N-dealkylation sites (tertiary alicyclic amines) is 1. The van der Waals surface area contributed by atoms with Gasteiger partial charge in [-0.3, -0.25) is 9.69 Å². The van der Waals surface area contributed by atoms with Gasteiger partial charge in [0.05, 0.1) is 23.3 Å². The highest BCUT2D eigenvalue weighted by atomic mass is 19.1. The Morgan fingerprint density at radius 2 is 1.81 bits per heavy atom. The first-order chi connectivity index (χ1) is 13.0. The van der Waals surface area contributed by atoms with Gasteiger partial charge in [0.1, 0.15) is 5.82 Å². The van der Waals surface area contributed by atoms with Gasteiger partial charge < -0.3 is 10.0 Å². The number of rotatable bonds is 3. The number of amides is 1. The zero-order chi connectivity index (χ0) is 19.1. The van der Waals surface area contributed by atoms with Gasteiger partial charge in [0.25, 0.3) is 5.91 Å². The molecule has 0 radical (unpaired) electrons. The van der Waals surface area contributed by atoms with E-state index in [1.54, 1.807) is 0 Å².